The third-order valence-corrected chi connectivity index (χ3v) is 5.38. The summed E-state index contributed by atoms with van der Waals surface area (Å²) in [6, 6.07) is 6.29. The van der Waals surface area contributed by atoms with E-state index in [9.17, 15) is 18.4 Å². The van der Waals surface area contributed by atoms with Gasteiger partial charge in [0.1, 0.15) is 11.5 Å². The van der Waals surface area contributed by atoms with Gasteiger partial charge in [0.05, 0.1) is 5.92 Å². The lowest BCUT2D eigenvalue weighted by molar-refractivity contribution is -0.122. The van der Waals surface area contributed by atoms with Crippen molar-refractivity contribution in [2.24, 2.45) is 10.9 Å². The van der Waals surface area contributed by atoms with Crippen molar-refractivity contribution in [1.82, 2.24) is 0 Å². The van der Waals surface area contributed by atoms with E-state index in [1.807, 2.05) is 0 Å². The first-order valence-corrected chi connectivity index (χ1v) is 8.96. The predicted octanol–water partition coefficient (Wildman–Crippen LogP) is 4.20. The Balaban J connectivity index is 1.78. The normalized spacial score (nSPS) is 25.7. The maximum absolute atomic E-state index is 12.7. The molecule has 1 aliphatic heterocycles. The lowest BCUT2D eigenvalue weighted by Crippen LogP contribution is -2.39. The number of ketones is 2. The Kier molecular flexibility index (Phi) is 4.42. The van der Waals surface area contributed by atoms with Crippen LogP contribution >= 0.6 is 0 Å². The van der Waals surface area contributed by atoms with Gasteiger partial charge in [0.2, 0.25) is 0 Å². The number of Topliss-reactive ketones (excluding diaryl/α,β-unsaturated/α-hetero) is 2. The second-order valence-corrected chi connectivity index (χ2v) is 6.96. The first kappa shape index (κ1) is 17.1. The van der Waals surface area contributed by atoms with Gasteiger partial charge in [0.15, 0.2) is 5.78 Å². The summed E-state index contributed by atoms with van der Waals surface area (Å²) in [5, 5.41) is 0. The van der Waals surface area contributed by atoms with Crippen LogP contribution in [-0.2, 0) is 9.59 Å². The van der Waals surface area contributed by atoms with Gasteiger partial charge in [-0.3, -0.25) is 14.6 Å². The zero-order chi connectivity index (χ0) is 18.3. The largest absolute Gasteiger partial charge is 0.435 e. The standard InChI is InChI=1S/C20H19F2NO3/c21-20(22)26-12-9-7-11(8-10-12)17-18-13(3-1-5-15(18)24)23-14-4-2-6-16(25)19(14)17/h7-10,17-18,20H,1-6H2/t17-,18?/m1/s1. The highest BCUT2D eigenvalue weighted by atomic mass is 19.3. The summed E-state index contributed by atoms with van der Waals surface area (Å²) in [6.07, 6.45) is 4.04. The molecule has 0 saturated heterocycles. The fourth-order valence-electron chi connectivity index (χ4n) is 4.32. The van der Waals surface area contributed by atoms with E-state index in [4.69, 9.17) is 4.99 Å². The molecule has 0 amide bonds. The van der Waals surface area contributed by atoms with Gasteiger partial charge in [-0.2, -0.15) is 8.78 Å². The molecule has 4 rings (SSSR count). The van der Waals surface area contributed by atoms with Crippen LogP contribution in [0.25, 0.3) is 0 Å². The molecular formula is C20H19F2NO3. The number of halogens is 2. The third kappa shape index (κ3) is 2.97. The average Bonchev–Trinajstić information content (AvgIpc) is 2.61. The smallest absolute Gasteiger partial charge is 0.387 e. The average molecular weight is 359 g/mol. The Hall–Kier alpha value is -2.37. The molecule has 1 heterocycles. The molecule has 136 valence electrons. The van der Waals surface area contributed by atoms with Crippen molar-refractivity contribution in [3.63, 3.8) is 0 Å². The molecular weight excluding hydrogens is 340 g/mol. The molecule has 3 aliphatic rings. The van der Waals surface area contributed by atoms with Crippen molar-refractivity contribution in [1.29, 1.82) is 0 Å². The molecule has 0 bridgehead atoms. The van der Waals surface area contributed by atoms with Crippen molar-refractivity contribution in [2.75, 3.05) is 0 Å². The summed E-state index contributed by atoms with van der Waals surface area (Å²) < 4.78 is 29.2. The number of carbonyl (C=O) groups is 2. The highest BCUT2D eigenvalue weighted by Crippen LogP contribution is 2.46. The van der Waals surface area contributed by atoms with Crippen LogP contribution in [0.1, 0.15) is 50.0 Å². The van der Waals surface area contributed by atoms with Gasteiger partial charge in [0.25, 0.3) is 0 Å². The van der Waals surface area contributed by atoms with E-state index in [-0.39, 0.29) is 23.2 Å². The molecule has 2 aliphatic carbocycles. The van der Waals surface area contributed by atoms with Gasteiger partial charge in [-0.05, 0) is 43.4 Å². The highest BCUT2D eigenvalue weighted by molar-refractivity contribution is 6.12. The Morgan fingerprint density at radius 1 is 0.962 bits per heavy atom. The number of allylic oxidation sites excluding steroid dienone is 2. The number of ether oxygens (including phenoxy) is 1. The molecule has 1 aromatic rings. The fraction of sp³-hybridized carbons (Fsp3) is 0.450. The number of hydrogen-bond donors (Lipinski definition) is 0. The molecule has 0 aromatic heterocycles. The van der Waals surface area contributed by atoms with E-state index in [0.29, 0.717) is 18.4 Å². The number of carbonyl (C=O) groups excluding carboxylic acids is 2. The quantitative estimate of drug-likeness (QED) is 0.813. The Morgan fingerprint density at radius 2 is 1.69 bits per heavy atom. The maximum Gasteiger partial charge on any atom is 0.387 e. The van der Waals surface area contributed by atoms with E-state index in [2.05, 4.69) is 4.74 Å². The Bertz CT molecular complexity index is 811. The van der Waals surface area contributed by atoms with Gasteiger partial charge in [0, 0.05) is 35.7 Å². The van der Waals surface area contributed by atoms with Gasteiger partial charge in [-0.25, -0.2) is 0 Å². The zero-order valence-electron chi connectivity index (χ0n) is 14.2. The highest BCUT2D eigenvalue weighted by Gasteiger charge is 2.44. The van der Waals surface area contributed by atoms with E-state index in [1.54, 1.807) is 12.1 Å². The minimum absolute atomic E-state index is 0.0466. The number of aliphatic imine (C=N–C) groups is 1. The predicted molar refractivity (Wildman–Crippen MR) is 91.5 cm³/mol. The summed E-state index contributed by atoms with van der Waals surface area (Å²) in [5.41, 5.74) is 3.09. The molecule has 4 nitrogen and oxygen atoms in total. The first-order valence-electron chi connectivity index (χ1n) is 8.96. The van der Waals surface area contributed by atoms with Crippen LogP contribution in [0.15, 0.2) is 40.5 Å². The van der Waals surface area contributed by atoms with Crippen LogP contribution < -0.4 is 4.74 Å². The second kappa shape index (κ2) is 6.74. The van der Waals surface area contributed by atoms with Crippen LogP contribution in [0, 0.1) is 5.92 Å². The molecule has 2 atom stereocenters. The molecule has 1 unspecified atom stereocenters. The van der Waals surface area contributed by atoms with Crippen molar-refractivity contribution < 1.29 is 23.1 Å². The van der Waals surface area contributed by atoms with Crippen molar-refractivity contribution >= 4 is 17.3 Å². The van der Waals surface area contributed by atoms with Crippen molar-refractivity contribution in [2.45, 2.75) is 51.1 Å². The molecule has 0 radical (unpaired) electrons. The van der Waals surface area contributed by atoms with Crippen LogP contribution in [0.3, 0.4) is 0 Å². The number of rotatable bonds is 3. The van der Waals surface area contributed by atoms with Gasteiger partial charge in [-0.15, -0.1) is 0 Å². The number of nitrogens with zero attached hydrogens (tertiary/aromatic N) is 1. The summed E-state index contributed by atoms with van der Waals surface area (Å²) in [5.74, 6) is -0.555. The SMILES string of the molecule is O=C1CCCC2=C1[C@H](c1ccc(OC(F)F)cc1)C1C(=O)CCCC1=N2. The van der Waals surface area contributed by atoms with E-state index < -0.39 is 12.5 Å². The van der Waals surface area contributed by atoms with E-state index in [0.717, 1.165) is 42.7 Å². The van der Waals surface area contributed by atoms with Gasteiger partial charge in [-0.1, -0.05) is 12.1 Å². The fourth-order valence-corrected chi connectivity index (χ4v) is 4.32. The van der Waals surface area contributed by atoms with Crippen LogP contribution in [0.4, 0.5) is 8.78 Å². The van der Waals surface area contributed by atoms with Crippen LogP contribution in [0.5, 0.6) is 5.75 Å². The summed E-state index contributed by atoms with van der Waals surface area (Å²) in [6.45, 7) is -2.89. The Labute approximate surface area is 149 Å². The lowest BCUT2D eigenvalue weighted by Gasteiger charge is -2.37. The molecule has 1 saturated carbocycles. The van der Waals surface area contributed by atoms with Crippen LogP contribution in [0.2, 0.25) is 0 Å². The summed E-state index contributed by atoms with van der Waals surface area (Å²) in [7, 11) is 0. The van der Waals surface area contributed by atoms with Crippen molar-refractivity contribution in [3.8, 4) is 5.75 Å². The molecule has 0 N–H and O–H groups in total. The molecule has 1 aromatic carbocycles. The number of fused-ring (bicyclic) bond motifs is 1. The third-order valence-electron chi connectivity index (χ3n) is 5.38. The number of benzene rings is 1. The molecule has 6 heteroatoms. The van der Waals surface area contributed by atoms with E-state index >= 15 is 0 Å². The first-order chi connectivity index (χ1) is 12.5. The maximum atomic E-state index is 12.7. The Morgan fingerprint density at radius 3 is 2.42 bits per heavy atom. The van der Waals surface area contributed by atoms with Crippen LogP contribution in [-0.4, -0.2) is 23.9 Å². The van der Waals surface area contributed by atoms with Gasteiger partial charge >= 0.3 is 6.61 Å². The molecule has 1 fully saturated rings. The van der Waals surface area contributed by atoms with E-state index in [1.165, 1.54) is 12.1 Å². The van der Waals surface area contributed by atoms with Crippen molar-refractivity contribution in [3.05, 3.63) is 41.1 Å². The lowest BCUT2D eigenvalue weighted by atomic mass is 9.67. The summed E-state index contributed by atoms with van der Waals surface area (Å²) >= 11 is 0. The molecule has 0 spiro atoms. The number of hydrogen-bond acceptors (Lipinski definition) is 4. The topological polar surface area (TPSA) is 55.7 Å². The summed E-state index contributed by atoms with van der Waals surface area (Å²) in [4.78, 5) is 30.0. The monoisotopic (exact) mass is 359 g/mol. The minimum Gasteiger partial charge on any atom is -0.435 e. The van der Waals surface area contributed by atoms with Gasteiger partial charge < -0.3 is 4.74 Å². The zero-order valence-corrected chi connectivity index (χ0v) is 14.2. The second-order valence-electron chi connectivity index (χ2n) is 6.96. The number of alkyl halides is 2. The molecule has 26 heavy (non-hydrogen) atoms. The minimum atomic E-state index is -2.89.